The van der Waals surface area contributed by atoms with E-state index in [1.165, 1.54) is 19.3 Å². The predicted octanol–water partition coefficient (Wildman–Crippen LogP) is 6.06. The number of allylic oxidation sites excluding steroid dienone is 6. The number of ether oxygens (including phenoxy) is 3. The van der Waals surface area contributed by atoms with Crippen LogP contribution in [0.25, 0.3) is 11.1 Å². The second-order valence-electron chi connectivity index (χ2n) is 8.67. The van der Waals surface area contributed by atoms with E-state index in [1.807, 2.05) is 56.3 Å². The lowest BCUT2D eigenvalue weighted by Crippen LogP contribution is -2.09. The fourth-order valence-electron chi connectivity index (χ4n) is 3.60. The van der Waals surface area contributed by atoms with Gasteiger partial charge in [-0.25, -0.2) is 4.79 Å². The largest absolute Gasteiger partial charge is 0.496 e. The lowest BCUT2D eigenvalue weighted by molar-refractivity contribution is -0.139. The van der Waals surface area contributed by atoms with Gasteiger partial charge in [0.15, 0.2) is 0 Å². The number of aryl methyl sites for hydroxylation is 2. The molecule has 200 valence electrons. The molecule has 0 aromatic heterocycles. The molecule has 0 atom stereocenters. The number of carbonyl (C=O) groups is 1. The van der Waals surface area contributed by atoms with Gasteiger partial charge in [-0.05, 0) is 84.5 Å². The molecule has 2 aromatic rings. The van der Waals surface area contributed by atoms with Crippen LogP contribution in [0, 0.1) is 59.2 Å². The van der Waals surface area contributed by atoms with Gasteiger partial charge in [-0.2, -0.15) is 21.0 Å². The van der Waals surface area contributed by atoms with Crippen LogP contribution in [0.2, 0.25) is 0 Å². The molecule has 0 bridgehead atoms. The van der Waals surface area contributed by atoms with Crippen LogP contribution in [0.15, 0.2) is 71.8 Å². The Hall–Kier alpha value is -5.57. The molecule has 0 heterocycles. The first kappa shape index (κ1) is 30.7. The summed E-state index contributed by atoms with van der Waals surface area (Å²) in [7, 11) is 1.54. The summed E-state index contributed by atoms with van der Waals surface area (Å²) in [5, 5.41) is 38.0. The van der Waals surface area contributed by atoms with Crippen molar-refractivity contribution in [1.82, 2.24) is 0 Å². The average Bonchev–Trinajstić information content (AvgIpc) is 2.95. The molecule has 0 N–H and O–H groups in total. The topological polar surface area (TPSA) is 140 Å². The number of nitrogens with zero attached hydrogens (tertiary/aromatic N) is 4. The van der Waals surface area contributed by atoms with Gasteiger partial charge in [-0.15, -0.1) is 0 Å². The summed E-state index contributed by atoms with van der Waals surface area (Å²) in [6.45, 7) is 9.36. The standard InChI is InChI=1S/C32H28N4O4/c1-21(2)32(37)40-12-6-11-39-30-10-9-26(13-23(30)4)28(14-24(17-33)18-34)29(15-25(19-35)20-36)27-8-7-22(3)31(16-27)38-5/h7-10,13-16H,1,6,11-12H2,2-5H3/b29-28+. The Morgan fingerprint density at radius 2 is 1.38 bits per heavy atom. The number of carbonyl (C=O) groups excluding carboxylic acids is 1. The zero-order valence-corrected chi connectivity index (χ0v) is 22.9. The molecule has 0 fully saturated rings. The number of benzene rings is 2. The first-order valence-corrected chi connectivity index (χ1v) is 12.2. The first-order valence-electron chi connectivity index (χ1n) is 12.2. The molecule has 0 saturated carbocycles. The third-order valence-corrected chi connectivity index (χ3v) is 5.68. The number of hydrogen-bond donors (Lipinski definition) is 0. The van der Waals surface area contributed by atoms with Gasteiger partial charge in [0.1, 0.15) is 46.9 Å². The van der Waals surface area contributed by atoms with Crippen LogP contribution in [0.1, 0.15) is 35.6 Å². The summed E-state index contributed by atoms with van der Waals surface area (Å²) in [6, 6.07) is 18.3. The van der Waals surface area contributed by atoms with Crippen LogP contribution in [0.3, 0.4) is 0 Å². The second-order valence-corrected chi connectivity index (χ2v) is 8.67. The zero-order valence-electron chi connectivity index (χ0n) is 22.9. The van der Waals surface area contributed by atoms with E-state index in [4.69, 9.17) is 14.2 Å². The Balaban J connectivity index is 2.63. The molecule has 8 heteroatoms. The molecule has 0 spiro atoms. The van der Waals surface area contributed by atoms with Crippen LogP contribution < -0.4 is 9.47 Å². The van der Waals surface area contributed by atoms with Crippen molar-refractivity contribution in [3.05, 3.63) is 94.1 Å². The van der Waals surface area contributed by atoms with E-state index >= 15 is 0 Å². The van der Waals surface area contributed by atoms with Gasteiger partial charge in [0.25, 0.3) is 0 Å². The Labute approximate surface area is 234 Å². The third-order valence-electron chi connectivity index (χ3n) is 5.68. The van der Waals surface area contributed by atoms with E-state index in [1.54, 1.807) is 25.1 Å². The van der Waals surface area contributed by atoms with E-state index in [0.29, 0.717) is 52.4 Å². The molecule has 2 aromatic carbocycles. The van der Waals surface area contributed by atoms with Crippen molar-refractivity contribution in [2.24, 2.45) is 0 Å². The minimum atomic E-state index is -0.450. The lowest BCUT2D eigenvalue weighted by atomic mass is 9.90. The SMILES string of the molecule is C=C(C)C(=O)OCCCOc1ccc(/C(C=C(C#N)C#N)=C(\C=C(C#N)C#N)c2ccc(C)c(OC)c2)cc1C. The van der Waals surface area contributed by atoms with Crippen LogP contribution in [0.5, 0.6) is 11.5 Å². The fraction of sp³-hybridized carbons (Fsp3) is 0.219. The van der Waals surface area contributed by atoms with Crippen LogP contribution in [-0.2, 0) is 9.53 Å². The molecular weight excluding hydrogens is 504 g/mol. The number of rotatable bonds is 11. The summed E-state index contributed by atoms with van der Waals surface area (Å²) in [4.78, 5) is 11.5. The molecule has 0 amide bonds. The molecule has 0 aliphatic rings. The van der Waals surface area contributed by atoms with E-state index in [0.717, 1.165) is 11.1 Å². The Bertz CT molecular complexity index is 1540. The highest BCUT2D eigenvalue weighted by Crippen LogP contribution is 2.35. The predicted molar refractivity (Wildman–Crippen MR) is 150 cm³/mol. The molecule has 40 heavy (non-hydrogen) atoms. The maximum Gasteiger partial charge on any atom is 0.333 e. The fourth-order valence-corrected chi connectivity index (χ4v) is 3.60. The summed E-state index contributed by atoms with van der Waals surface area (Å²) >= 11 is 0. The summed E-state index contributed by atoms with van der Waals surface area (Å²) in [6.07, 6.45) is 3.33. The van der Waals surface area contributed by atoms with Gasteiger partial charge in [-0.3, -0.25) is 0 Å². The van der Waals surface area contributed by atoms with E-state index in [2.05, 4.69) is 6.58 Å². The summed E-state index contributed by atoms with van der Waals surface area (Å²) < 4.78 is 16.4. The molecular formula is C32H28N4O4. The second kappa shape index (κ2) is 15.0. The Morgan fingerprint density at radius 3 is 1.88 bits per heavy atom. The molecule has 0 saturated heterocycles. The lowest BCUT2D eigenvalue weighted by Gasteiger charge is -2.15. The molecule has 0 unspecified atom stereocenters. The van der Waals surface area contributed by atoms with Gasteiger partial charge in [0.05, 0.1) is 20.3 Å². The summed E-state index contributed by atoms with van der Waals surface area (Å²) in [5.41, 5.74) is 3.82. The van der Waals surface area contributed by atoms with Crippen molar-refractivity contribution in [3.8, 4) is 35.8 Å². The van der Waals surface area contributed by atoms with Crippen LogP contribution in [-0.4, -0.2) is 26.3 Å². The molecule has 0 radical (unpaired) electrons. The zero-order chi connectivity index (χ0) is 29.7. The first-order chi connectivity index (χ1) is 19.2. The number of hydrogen-bond acceptors (Lipinski definition) is 8. The summed E-state index contributed by atoms with van der Waals surface area (Å²) in [5.74, 6) is 0.744. The number of methoxy groups -OCH3 is 1. The number of nitriles is 4. The maximum atomic E-state index is 11.5. The molecule has 2 rings (SSSR count). The van der Waals surface area contributed by atoms with Crippen LogP contribution in [0.4, 0.5) is 0 Å². The van der Waals surface area contributed by atoms with Gasteiger partial charge < -0.3 is 14.2 Å². The molecule has 0 aliphatic heterocycles. The van der Waals surface area contributed by atoms with Gasteiger partial charge in [0.2, 0.25) is 0 Å². The maximum absolute atomic E-state index is 11.5. The van der Waals surface area contributed by atoms with Crippen molar-refractivity contribution >= 4 is 17.1 Å². The van der Waals surface area contributed by atoms with Crippen molar-refractivity contribution in [1.29, 1.82) is 21.0 Å². The highest BCUT2D eigenvalue weighted by molar-refractivity contribution is 6.01. The van der Waals surface area contributed by atoms with Crippen molar-refractivity contribution in [2.45, 2.75) is 27.2 Å². The Morgan fingerprint density at radius 1 is 0.825 bits per heavy atom. The quantitative estimate of drug-likeness (QED) is 0.0849. The molecule has 8 nitrogen and oxygen atoms in total. The Kier molecular flexibility index (Phi) is 11.5. The van der Waals surface area contributed by atoms with E-state index in [9.17, 15) is 25.8 Å². The van der Waals surface area contributed by atoms with Gasteiger partial charge in [-0.1, -0.05) is 24.8 Å². The average molecular weight is 533 g/mol. The highest BCUT2D eigenvalue weighted by Gasteiger charge is 2.15. The molecule has 0 aliphatic carbocycles. The monoisotopic (exact) mass is 532 g/mol. The van der Waals surface area contributed by atoms with Crippen molar-refractivity contribution < 1.29 is 19.0 Å². The minimum absolute atomic E-state index is 0.153. The van der Waals surface area contributed by atoms with Crippen molar-refractivity contribution in [3.63, 3.8) is 0 Å². The van der Waals surface area contributed by atoms with Crippen LogP contribution >= 0.6 is 0 Å². The third kappa shape index (κ3) is 8.22. The van der Waals surface area contributed by atoms with Crippen molar-refractivity contribution in [2.75, 3.05) is 20.3 Å². The van der Waals surface area contributed by atoms with E-state index < -0.39 is 5.97 Å². The number of esters is 1. The van der Waals surface area contributed by atoms with E-state index in [-0.39, 0.29) is 17.8 Å². The minimum Gasteiger partial charge on any atom is -0.496 e. The van der Waals surface area contributed by atoms with Gasteiger partial charge in [0, 0.05) is 12.0 Å². The smallest absolute Gasteiger partial charge is 0.333 e. The highest BCUT2D eigenvalue weighted by atomic mass is 16.5. The normalized spacial score (nSPS) is 10.3. The van der Waals surface area contributed by atoms with Gasteiger partial charge >= 0.3 is 5.97 Å².